The zero-order chi connectivity index (χ0) is 9.61. The van der Waals surface area contributed by atoms with E-state index in [1.54, 1.807) is 13.8 Å². The molecular formula is C9H16N2O. The van der Waals surface area contributed by atoms with Crippen molar-refractivity contribution in [2.24, 2.45) is 5.41 Å². The van der Waals surface area contributed by atoms with Crippen LogP contribution < -0.4 is 5.32 Å². The van der Waals surface area contributed by atoms with Crippen LogP contribution in [0.2, 0.25) is 0 Å². The van der Waals surface area contributed by atoms with Gasteiger partial charge in [0.15, 0.2) is 0 Å². The number of nitrogens with zero attached hydrogens (tertiary/aromatic N) is 1. The van der Waals surface area contributed by atoms with Crippen molar-refractivity contribution in [3.8, 4) is 6.07 Å². The molecule has 3 heteroatoms. The molecule has 0 unspecified atom stereocenters. The molecule has 12 heavy (non-hydrogen) atoms. The van der Waals surface area contributed by atoms with Gasteiger partial charge < -0.3 is 5.32 Å². The summed E-state index contributed by atoms with van der Waals surface area (Å²) in [5, 5.41) is 11.3. The van der Waals surface area contributed by atoms with Crippen molar-refractivity contribution in [2.45, 2.75) is 33.6 Å². The second-order valence-electron chi connectivity index (χ2n) is 3.52. The molecule has 0 aliphatic heterocycles. The molecule has 68 valence electrons. The van der Waals surface area contributed by atoms with Gasteiger partial charge in [-0.25, -0.2) is 0 Å². The lowest BCUT2D eigenvalue weighted by molar-refractivity contribution is -0.121. The third-order valence-corrected chi connectivity index (χ3v) is 1.51. The number of carbonyl (C=O) groups is 1. The Kier molecular flexibility index (Phi) is 4.35. The van der Waals surface area contributed by atoms with Gasteiger partial charge in [0, 0.05) is 13.0 Å². The first-order valence-corrected chi connectivity index (χ1v) is 4.20. The molecule has 0 fully saturated rings. The molecule has 0 spiro atoms. The van der Waals surface area contributed by atoms with E-state index in [4.69, 9.17) is 5.26 Å². The van der Waals surface area contributed by atoms with E-state index < -0.39 is 5.41 Å². The van der Waals surface area contributed by atoms with Crippen LogP contribution in [0.3, 0.4) is 0 Å². The average Bonchev–Trinajstić information content (AvgIpc) is 2.02. The fourth-order valence-electron chi connectivity index (χ4n) is 0.675. The second-order valence-corrected chi connectivity index (χ2v) is 3.52. The van der Waals surface area contributed by atoms with Crippen LogP contribution in [-0.4, -0.2) is 12.5 Å². The van der Waals surface area contributed by atoms with E-state index in [2.05, 4.69) is 11.4 Å². The lowest BCUT2D eigenvalue weighted by Gasteiger charge is -2.15. The summed E-state index contributed by atoms with van der Waals surface area (Å²) in [4.78, 5) is 11.0. The number of hydrogen-bond donors (Lipinski definition) is 1. The molecule has 0 aliphatic carbocycles. The van der Waals surface area contributed by atoms with E-state index in [-0.39, 0.29) is 5.91 Å². The monoisotopic (exact) mass is 168 g/mol. The molecule has 0 aliphatic rings. The Morgan fingerprint density at radius 3 is 2.58 bits per heavy atom. The van der Waals surface area contributed by atoms with Gasteiger partial charge in [0.2, 0.25) is 5.91 Å². The summed E-state index contributed by atoms with van der Waals surface area (Å²) < 4.78 is 0. The van der Waals surface area contributed by atoms with E-state index in [0.717, 1.165) is 6.42 Å². The maximum Gasteiger partial charge on any atom is 0.220 e. The fourth-order valence-corrected chi connectivity index (χ4v) is 0.675. The molecule has 3 nitrogen and oxygen atoms in total. The van der Waals surface area contributed by atoms with Gasteiger partial charge >= 0.3 is 0 Å². The topological polar surface area (TPSA) is 52.9 Å². The molecule has 0 atom stereocenters. The highest BCUT2D eigenvalue weighted by molar-refractivity contribution is 5.75. The van der Waals surface area contributed by atoms with E-state index in [1.165, 1.54) is 0 Å². The van der Waals surface area contributed by atoms with Crippen LogP contribution in [0.5, 0.6) is 0 Å². The van der Waals surface area contributed by atoms with Crippen LogP contribution in [0.4, 0.5) is 0 Å². The fraction of sp³-hybridized carbons (Fsp3) is 0.778. The zero-order valence-corrected chi connectivity index (χ0v) is 7.98. The smallest absolute Gasteiger partial charge is 0.220 e. The first-order chi connectivity index (χ1) is 5.52. The second kappa shape index (κ2) is 4.76. The van der Waals surface area contributed by atoms with Crippen molar-refractivity contribution < 1.29 is 4.79 Å². The van der Waals surface area contributed by atoms with Crippen LogP contribution in [0, 0.1) is 16.7 Å². The van der Waals surface area contributed by atoms with Gasteiger partial charge in [0.25, 0.3) is 0 Å². The number of carbonyl (C=O) groups excluding carboxylic acids is 1. The van der Waals surface area contributed by atoms with Crippen molar-refractivity contribution in [2.75, 3.05) is 6.54 Å². The van der Waals surface area contributed by atoms with Gasteiger partial charge in [-0.1, -0.05) is 6.92 Å². The Balaban J connectivity index is 3.70. The Morgan fingerprint density at radius 2 is 2.17 bits per heavy atom. The van der Waals surface area contributed by atoms with Crippen molar-refractivity contribution >= 4 is 5.91 Å². The molecule has 0 heterocycles. The summed E-state index contributed by atoms with van der Waals surface area (Å²) in [7, 11) is 0. The summed E-state index contributed by atoms with van der Waals surface area (Å²) in [5.74, 6) is 0.0285. The Morgan fingerprint density at radius 1 is 1.58 bits per heavy atom. The lowest BCUT2D eigenvalue weighted by Crippen LogP contribution is -2.32. The normalized spacial score (nSPS) is 10.5. The van der Waals surface area contributed by atoms with Crippen LogP contribution >= 0.6 is 0 Å². The van der Waals surface area contributed by atoms with Gasteiger partial charge in [-0.2, -0.15) is 5.26 Å². The zero-order valence-electron chi connectivity index (χ0n) is 7.98. The van der Waals surface area contributed by atoms with Gasteiger partial charge in [0.1, 0.15) is 0 Å². The van der Waals surface area contributed by atoms with E-state index in [0.29, 0.717) is 13.0 Å². The molecule has 0 aromatic carbocycles. The average molecular weight is 168 g/mol. The molecule has 1 N–H and O–H groups in total. The summed E-state index contributed by atoms with van der Waals surface area (Å²) in [6.45, 7) is 6.00. The van der Waals surface area contributed by atoms with Gasteiger partial charge in [0.05, 0.1) is 11.5 Å². The highest BCUT2D eigenvalue weighted by atomic mass is 16.1. The first kappa shape index (κ1) is 11.0. The minimum absolute atomic E-state index is 0.0285. The van der Waals surface area contributed by atoms with Crippen molar-refractivity contribution in [1.82, 2.24) is 5.32 Å². The van der Waals surface area contributed by atoms with Crippen LogP contribution in [0.15, 0.2) is 0 Å². The Hall–Kier alpha value is -1.04. The highest BCUT2D eigenvalue weighted by Crippen LogP contribution is 2.10. The van der Waals surface area contributed by atoms with Crippen molar-refractivity contribution in [1.29, 1.82) is 5.26 Å². The lowest BCUT2D eigenvalue weighted by atomic mass is 9.96. The first-order valence-electron chi connectivity index (χ1n) is 4.20. The van der Waals surface area contributed by atoms with Crippen LogP contribution in [0.25, 0.3) is 0 Å². The molecule has 0 radical (unpaired) electrons. The Labute approximate surface area is 73.8 Å². The van der Waals surface area contributed by atoms with Gasteiger partial charge in [-0.3, -0.25) is 4.79 Å². The molecule has 0 saturated carbocycles. The summed E-state index contributed by atoms with van der Waals surface area (Å²) in [6.07, 6.45) is 1.39. The largest absolute Gasteiger partial charge is 0.355 e. The number of amides is 1. The molecule has 0 bridgehead atoms. The maximum atomic E-state index is 11.0. The van der Waals surface area contributed by atoms with Gasteiger partial charge in [-0.05, 0) is 20.3 Å². The van der Waals surface area contributed by atoms with E-state index in [1.807, 2.05) is 6.92 Å². The number of hydrogen-bond acceptors (Lipinski definition) is 2. The van der Waals surface area contributed by atoms with Gasteiger partial charge in [-0.15, -0.1) is 0 Å². The molecule has 0 rings (SSSR count). The quantitative estimate of drug-likeness (QED) is 0.690. The summed E-state index contributed by atoms with van der Waals surface area (Å²) >= 11 is 0. The minimum Gasteiger partial charge on any atom is -0.355 e. The SMILES string of the molecule is CCCC(=O)NCC(C)(C)C#N. The number of rotatable bonds is 4. The van der Waals surface area contributed by atoms with Crippen LogP contribution in [-0.2, 0) is 4.79 Å². The predicted octanol–water partition coefficient (Wildman–Crippen LogP) is 1.45. The third-order valence-electron chi connectivity index (χ3n) is 1.51. The summed E-state index contributed by atoms with van der Waals surface area (Å²) in [5.41, 5.74) is -0.455. The molecule has 0 aromatic heterocycles. The third kappa shape index (κ3) is 4.73. The standard InChI is InChI=1S/C9H16N2O/c1-4-5-8(12)11-7-9(2,3)6-10/h4-5,7H2,1-3H3,(H,11,12). The Bertz CT molecular complexity index is 191. The van der Waals surface area contributed by atoms with Crippen molar-refractivity contribution in [3.05, 3.63) is 0 Å². The minimum atomic E-state index is -0.455. The predicted molar refractivity (Wildman–Crippen MR) is 47.3 cm³/mol. The molecule has 1 amide bonds. The number of nitrogens with one attached hydrogen (secondary N) is 1. The summed E-state index contributed by atoms with van der Waals surface area (Å²) in [6, 6.07) is 2.12. The van der Waals surface area contributed by atoms with E-state index in [9.17, 15) is 4.79 Å². The molecule has 0 saturated heterocycles. The molecule has 0 aromatic rings. The highest BCUT2D eigenvalue weighted by Gasteiger charge is 2.16. The number of nitriles is 1. The maximum absolute atomic E-state index is 11.0. The van der Waals surface area contributed by atoms with Crippen molar-refractivity contribution in [3.63, 3.8) is 0 Å². The van der Waals surface area contributed by atoms with E-state index >= 15 is 0 Å². The van der Waals surface area contributed by atoms with Crippen LogP contribution in [0.1, 0.15) is 33.6 Å². The molecular weight excluding hydrogens is 152 g/mol.